The van der Waals surface area contributed by atoms with Crippen molar-refractivity contribution in [2.45, 2.75) is 27.7 Å². The van der Waals surface area contributed by atoms with E-state index in [-0.39, 0.29) is 0 Å². The maximum Gasteiger partial charge on any atom is 0.0562 e. The van der Waals surface area contributed by atoms with E-state index in [9.17, 15) is 0 Å². The lowest BCUT2D eigenvalue weighted by Gasteiger charge is -2.12. The van der Waals surface area contributed by atoms with Crippen LogP contribution in [0.3, 0.4) is 0 Å². The molecule has 2 heteroatoms. The van der Waals surface area contributed by atoms with E-state index in [1.807, 2.05) is 0 Å². The minimum Gasteiger partial charge on any atom is -0.344 e. The summed E-state index contributed by atoms with van der Waals surface area (Å²) in [5.74, 6) is 0. The van der Waals surface area contributed by atoms with Crippen LogP contribution in [0.25, 0.3) is 49.3 Å². The monoisotopic (exact) mass is 402 g/mol. The fourth-order valence-corrected chi connectivity index (χ4v) is 5.17. The normalized spacial score (nSPS) is 12.0. The topological polar surface area (TPSA) is 9.86 Å². The van der Waals surface area contributed by atoms with Gasteiger partial charge in [-0.15, -0.1) is 0 Å². The molecule has 0 amide bonds. The summed E-state index contributed by atoms with van der Waals surface area (Å²) in [7, 11) is 2.18. The van der Waals surface area contributed by atoms with E-state index in [4.69, 9.17) is 0 Å². The van der Waals surface area contributed by atoms with Gasteiger partial charge in [0.15, 0.2) is 0 Å². The van der Waals surface area contributed by atoms with Gasteiger partial charge in [0, 0.05) is 39.8 Å². The van der Waals surface area contributed by atoms with Crippen LogP contribution in [0.5, 0.6) is 0 Å². The van der Waals surface area contributed by atoms with Crippen LogP contribution in [0.4, 0.5) is 0 Å². The van der Waals surface area contributed by atoms with Crippen molar-refractivity contribution in [3.05, 3.63) is 89.0 Å². The van der Waals surface area contributed by atoms with E-state index < -0.39 is 0 Å². The molecule has 0 spiro atoms. The minimum atomic E-state index is 1.26. The van der Waals surface area contributed by atoms with Gasteiger partial charge in [0.25, 0.3) is 0 Å². The molecule has 2 heterocycles. The molecule has 0 radical (unpaired) electrons. The maximum atomic E-state index is 2.45. The van der Waals surface area contributed by atoms with E-state index >= 15 is 0 Å². The van der Waals surface area contributed by atoms with Crippen molar-refractivity contribution in [3.63, 3.8) is 0 Å². The van der Waals surface area contributed by atoms with Gasteiger partial charge >= 0.3 is 0 Å². The van der Waals surface area contributed by atoms with Crippen LogP contribution in [0.15, 0.2) is 66.7 Å². The van der Waals surface area contributed by atoms with Crippen molar-refractivity contribution in [2.24, 2.45) is 7.05 Å². The number of hydrogen-bond acceptors (Lipinski definition) is 0. The lowest BCUT2D eigenvalue weighted by atomic mass is 10.1. The smallest absolute Gasteiger partial charge is 0.0562 e. The molecule has 2 aromatic heterocycles. The molecule has 6 aromatic rings. The number of aromatic nitrogens is 2. The summed E-state index contributed by atoms with van der Waals surface area (Å²) in [6.07, 6.45) is 0. The molecule has 31 heavy (non-hydrogen) atoms. The van der Waals surface area contributed by atoms with Gasteiger partial charge in [0.05, 0.1) is 16.6 Å². The summed E-state index contributed by atoms with van der Waals surface area (Å²) < 4.78 is 4.79. The third-order valence-electron chi connectivity index (χ3n) is 6.81. The zero-order chi connectivity index (χ0) is 21.4. The number of rotatable bonds is 1. The molecule has 0 saturated carbocycles. The highest BCUT2D eigenvalue weighted by Crippen LogP contribution is 2.39. The van der Waals surface area contributed by atoms with Crippen LogP contribution in [-0.4, -0.2) is 9.13 Å². The van der Waals surface area contributed by atoms with Gasteiger partial charge in [-0.3, -0.25) is 0 Å². The lowest BCUT2D eigenvalue weighted by Crippen LogP contribution is -1.98. The molecular formula is C29H26N2. The number of nitrogens with zero attached hydrogens (tertiary/aromatic N) is 2. The van der Waals surface area contributed by atoms with Crippen LogP contribution in [-0.2, 0) is 7.05 Å². The molecule has 4 aromatic carbocycles. The largest absolute Gasteiger partial charge is 0.344 e. The van der Waals surface area contributed by atoms with Crippen molar-refractivity contribution >= 4 is 43.6 Å². The van der Waals surface area contributed by atoms with Crippen molar-refractivity contribution in [3.8, 4) is 5.69 Å². The Morgan fingerprint density at radius 2 is 1.03 bits per heavy atom. The van der Waals surface area contributed by atoms with Crippen LogP contribution in [0.2, 0.25) is 0 Å². The molecular weight excluding hydrogens is 376 g/mol. The van der Waals surface area contributed by atoms with Gasteiger partial charge < -0.3 is 9.13 Å². The van der Waals surface area contributed by atoms with Gasteiger partial charge in [-0.2, -0.15) is 0 Å². The van der Waals surface area contributed by atoms with Gasteiger partial charge in [0.1, 0.15) is 0 Å². The van der Waals surface area contributed by atoms with Crippen LogP contribution < -0.4 is 0 Å². The molecule has 0 saturated heterocycles. The van der Waals surface area contributed by atoms with E-state index in [0.29, 0.717) is 0 Å². The number of benzene rings is 4. The average Bonchev–Trinajstić information content (AvgIpc) is 3.20. The first-order valence-electron chi connectivity index (χ1n) is 10.9. The molecule has 0 unspecified atom stereocenters. The summed E-state index contributed by atoms with van der Waals surface area (Å²) in [6, 6.07) is 25.1. The Bertz CT molecular complexity index is 1670. The molecule has 0 atom stereocenters. The first-order chi connectivity index (χ1) is 14.9. The average molecular weight is 403 g/mol. The number of aryl methyl sites for hydroxylation is 5. The van der Waals surface area contributed by atoms with E-state index in [0.717, 1.165) is 0 Å². The molecule has 0 N–H and O–H groups in total. The molecule has 0 aliphatic heterocycles. The van der Waals surface area contributed by atoms with Crippen molar-refractivity contribution in [1.29, 1.82) is 0 Å². The second-order valence-corrected chi connectivity index (χ2v) is 9.11. The highest BCUT2D eigenvalue weighted by molar-refractivity contribution is 6.18. The Balaban J connectivity index is 1.86. The summed E-state index contributed by atoms with van der Waals surface area (Å²) >= 11 is 0. The van der Waals surface area contributed by atoms with Crippen LogP contribution in [0, 0.1) is 27.7 Å². The van der Waals surface area contributed by atoms with E-state index in [1.165, 1.54) is 71.6 Å². The molecule has 0 aliphatic carbocycles. The predicted molar refractivity (Wildman–Crippen MR) is 134 cm³/mol. The van der Waals surface area contributed by atoms with Crippen molar-refractivity contribution in [1.82, 2.24) is 9.13 Å². The Labute approximate surface area is 182 Å². The SMILES string of the molecule is Cc1ccc(C)c(-n2c3ccc(C)cc3c3cc4c5cc(C)ccc5n(C)c4cc32)c1. The third kappa shape index (κ3) is 2.51. The summed E-state index contributed by atoms with van der Waals surface area (Å²) in [5.41, 5.74) is 11.5. The van der Waals surface area contributed by atoms with E-state index in [2.05, 4.69) is 111 Å². The minimum absolute atomic E-state index is 1.26. The van der Waals surface area contributed by atoms with Gasteiger partial charge in [-0.05, 0) is 81.3 Å². The first kappa shape index (κ1) is 18.3. The second-order valence-electron chi connectivity index (χ2n) is 9.11. The Hall–Kier alpha value is -3.52. The predicted octanol–water partition coefficient (Wildman–Crippen LogP) is 7.66. The quantitative estimate of drug-likeness (QED) is 0.267. The third-order valence-corrected chi connectivity index (χ3v) is 6.81. The Kier molecular flexibility index (Phi) is 3.68. The summed E-state index contributed by atoms with van der Waals surface area (Å²) in [4.78, 5) is 0. The lowest BCUT2D eigenvalue weighted by molar-refractivity contribution is 1.01. The molecule has 152 valence electrons. The maximum absolute atomic E-state index is 2.45. The fourth-order valence-electron chi connectivity index (χ4n) is 5.17. The standard InChI is InChI=1S/C29H26N2/c1-17-7-10-25-21(12-17)23-15-24-22-13-18(2)8-11-26(22)31(29(24)16-28(23)30(25)5)27-14-19(3)6-9-20(27)4/h6-16H,1-5H3. The van der Waals surface area contributed by atoms with Gasteiger partial charge in [0.2, 0.25) is 0 Å². The molecule has 2 nitrogen and oxygen atoms in total. The Morgan fingerprint density at radius 1 is 0.484 bits per heavy atom. The van der Waals surface area contributed by atoms with E-state index in [1.54, 1.807) is 0 Å². The fraction of sp³-hybridized carbons (Fsp3) is 0.172. The molecule has 0 bridgehead atoms. The molecule has 0 fully saturated rings. The summed E-state index contributed by atoms with van der Waals surface area (Å²) in [6.45, 7) is 8.73. The highest BCUT2D eigenvalue weighted by Gasteiger charge is 2.17. The number of fused-ring (bicyclic) bond motifs is 6. The second kappa shape index (κ2) is 6.24. The highest BCUT2D eigenvalue weighted by atomic mass is 15.0. The van der Waals surface area contributed by atoms with Gasteiger partial charge in [-0.25, -0.2) is 0 Å². The molecule has 0 aliphatic rings. The van der Waals surface area contributed by atoms with Crippen molar-refractivity contribution in [2.75, 3.05) is 0 Å². The molecule has 6 rings (SSSR count). The van der Waals surface area contributed by atoms with Crippen molar-refractivity contribution < 1.29 is 0 Å². The first-order valence-corrected chi connectivity index (χ1v) is 10.9. The zero-order valence-corrected chi connectivity index (χ0v) is 18.7. The van der Waals surface area contributed by atoms with Crippen LogP contribution >= 0.6 is 0 Å². The van der Waals surface area contributed by atoms with Gasteiger partial charge in [-0.1, -0.05) is 35.4 Å². The summed E-state index contributed by atoms with van der Waals surface area (Å²) in [5, 5.41) is 5.30. The number of hydrogen-bond donors (Lipinski definition) is 0. The zero-order valence-electron chi connectivity index (χ0n) is 18.7. The Morgan fingerprint density at radius 3 is 1.77 bits per heavy atom. The van der Waals surface area contributed by atoms with Crippen LogP contribution in [0.1, 0.15) is 22.3 Å².